The second-order valence-corrected chi connectivity index (χ2v) is 13.4. The lowest BCUT2D eigenvalue weighted by atomic mass is 10.2. The van der Waals surface area contributed by atoms with Crippen LogP contribution in [0.1, 0.15) is 27.7 Å². The van der Waals surface area contributed by atoms with Gasteiger partial charge in [0.25, 0.3) is 0 Å². The van der Waals surface area contributed by atoms with Crippen molar-refractivity contribution < 1.29 is 0 Å². The van der Waals surface area contributed by atoms with E-state index in [9.17, 15) is 0 Å². The van der Waals surface area contributed by atoms with Crippen molar-refractivity contribution in [2.24, 2.45) is 0 Å². The molecule has 2 heteroatoms. The molecule has 0 saturated carbocycles. The maximum atomic E-state index is 2.57. The van der Waals surface area contributed by atoms with Crippen LogP contribution in [0.3, 0.4) is 0 Å². The highest BCUT2D eigenvalue weighted by atomic mass is 127. The molecule has 62 valence electrons. The largest absolute Gasteiger partial charge is 0.0863 e. The summed E-state index contributed by atoms with van der Waals surface area (Å²) in [5, 5.41) is 0.549. The summed E-state index contributed by atoms with van der Waals surface area (Å²) in [6, 6.07) is 0. The number of rotatable bonds is 1. The first-order valence-corrected chi connectivity index (χ1v) is 8.16. The predicted octanol–water partition coefficient (Wildman–Crippen LogP) is 3.86. The zero-order valence-corrected chi connectivity index (χ0v) is 11.1. The van der Waals surface area contributed by atoms with Crippen molar-refractivity contribution in [2.75, 3.05) is 0 Å². The van der Waals surface area contributed by atoms with Gasteiger partial charge in [-0.25, -0.2) is 0 Å². The molecule has 0 rings (SSSR count). The van der Waals surface area contributed by atoms with E-state index in [-0.39, 0.29) is 0 Å². The second-order valence-electron chi connectivity index (χ2n) is 4.59. The summed E-state index contributed by atoms with van der Waals surface area (Å²) in [4.78, 5) is 0. The van der Waals surface area contributed by atoms with Gasteiger partial charge in [0.05, 0.1) is 8.07 Å². The predicted molar refractivity (Wildman–Crippen MR) is 60.7 cm³/mol. The SMILES string of the molecule is CC(I)[Si](C)(C)C(C)(C)C. The lowest BCUT2D eigenvalue weighted by Gasteiger charge is -2.39. The van der Waals surface area contributed by atoms with E-state index in [1.165, 1.54) is 0 Å². The molecule has 0 radical (unpaired) electrons. The third-order valence-corrected chi connectivity index (χ3v) is 13.5. The Balaban J connectivity index is 4.40. The molecule has 0 spiro atoms. The van der Waals surface area contributed by atoms with Gasteiger partial charge in [0.2, 0.25) is 0 Å². The van der Waals surface area contributed by atoms with Crippen LogP contribution in [0, 0.1) is 0 Å². The smallest absolute Gasteiger partial charge is 0.0665 e. The normalized spacial score (nSPS) is 17.1. The Kier molecular flexibility index (Phi) is 3.43. The number of hydrogen-bond acceptors (Lipinski definition) is 0. The van der Waals surface area contributed by atoms with E-state index in [4.69, 9.17) is 0 Å². The minimum Gasteiger partial charge on any atom is -0.0863 e. The molecule has 0 amide bonds. The summed E-state index contributed by atoms with van der Waals surface area (Å²) < 4.78 is 0.866. The van der Waals surface area contributed by atoms with E-state index in [1.54, 1.807) is 0 Å². The third-order valence-electron chi connectivity index (χ3n) is 2.93. The van der Waals surface area contributed by atoms with Crippen LogP contribution >= 0.6 is 22.6 Å². The van der Waals surface area contributed by atoms with Gasteiger partial charge in [0.1, 0.15) is 0 Å². The van der Waals surface area contributed by atoms with Gasteiger partial charge in [0.15, 0.2) is 0 Å². The summed E-state index contributed by atoms with van der Waals surface area (Å²) in [7, 11) is -0.996. The summed E-state index contributed by atoms with van der Waals surface area (Å²) in [6.07, 6.45) is 0. The molecule has 0 bridgehead atoms. The van der Waals surface area contributed by atoms with E-state index in [0.29, 0.717) is 5.04 Å². The van der Waals surface area contributed by atoms with Crippen LogP contribution in [0.4, 0.5) is 0 Å². The zero-order chi connectivity index (χ0) is 8.58. The summed E-state index contributed by atoms with van der Waals surface area (Å²) in [6.45, 7) is 14.4. The van der Waals surface area contributed by atoms with Crippen molar-refractivity contribution in [1.82, 2.24) is 0 Å². The zero-order valence-electron chi connectivity index (χ0n) is 7.96. The fourth-order valence-corrected chi connectivity index (χ4v) is 4.59. The van der Waals surface area contributed by atoms with E-state index in [0.717, 1.165) is 3.55 Å². The highest BCUT2D eigenvalue weighted by Crippen LogP contribution is 2.40. The third kappa shape index (κ3) is 2.22. The summed E-state index contributed by atoms with van der Waals surface area (Å²) in [5.74, 6) is 0. The van der Waals surface area contributed by atoms with Gasteiger partial charge in [-0.05, 0) is 5.04 Å². The van der Waals surface area contributed by atoms with Gasteiger partial charge in [-0.2, -0.15) is 0 Å². The van der Waals surface area contributed by atoms with E-state index in [2.05, 4.69) is 63.4 Å². The van der Waals surface area contributed by atoms with Crippen LogP contribution in [0.5, 0.6) is 0 Å². The lowest BCUT2D eigenvalue weighted by Crippen LogP contribution is -2.44. The van der Waals surface area contributed by atoms with Gasteiger partial charge in [-0.3, -0.25) is 0 Å². The van der Waals surface area contributed by atoms with Gasteiger partial charge >= 0.3 is 0 Å². The van der Waals surface area contributed by atoms with Crippen molar-refractivity contribution in [3.05, 3.63) is 0 Å². The molecule has 0 nitrogen and oxygen atoms in total. The van der Waals surface area contributed by atoms with E-state index >= 15 is 0 Å². The van der Waals surface area contributed by atoms with Crippen LogP contribution in [-0.2, 0) is 0 Å². The molecule has 0 aliphatic heterocycles. The van der Waals surface area contributed by atoms with Crippen LogP contribution in [-0.4, -0.2) is 11.6 Å². The van der Waals surface area contributed by atoms with Gasteiger partial charge in [-0.15, -0.1) is 0 Å². The topological polar surface area (TPSA) is 0 Å². The summed E-state index contributed by atoms with van der Waals surface area (Å²) >= 11 is 2.57. The van der Waals surface area contributed by atoms with Crippen molar-refractivity contribution >= 4 is 30.7 Å². The summed E-state index contributed by atoms with van der Waals surface area (Å²) in [5.41, 5.74) is 0. The van der Waals surface area contributed by atoms with Gasteiger partial charge in [-0.1, -0.05) is 63.4 Å². The van der Waals surface area contributed by atoms with E-state index < -0.39 is 8.07 Å². The fraction of sp³-hybridized carbons (Fsp3) is 1.00. The Labute approximate surface area is 79.9 Å². The Morgan fingerprint density at radius 1 is 1.20 bits per heavy atom. The highest BCUT2D eigenvalue weighted by molar-refractivity contribution is 14.1. The van der Waals surface area contributed by atoms with Crippen LogP contribution in [0.2, 0.25) is 18.1 Å². The lowest BCUT2D eigenvalue weighted by molar-refractivity contribution is 0.715. The van der Waals surface area contributed by atoms with Crippen LogP contribution < -0.4 is 0 Å². The van der Waals surface area contributed by atoms with Crippen LogP contribution in [0.15, 0.2) is 0 Å². The Hall–Kier alpha value is 0.947. The standard InChI is InChI=1S/C8H19ISi/c1-7(9)10(5,6)8(2,3)4/h7H,1-6H3. The second kappa shape index (κ2) is 3.13. The highest BCUT2D eigenvalue weighted by Gasteiger charge is 2.38. The first kappa shape index (κ1) is 10.9. The van der Waals surface area contributed by atoms with Crippen molar-refractivity contribution in [1.29, 1.82) is 0 Å². The molecule has 0 heterocycles. The molecule has 0 aliphatic carbocycles. The molecule has 1 unspecified atom stereocenters. The van der Waals surface area contributed by atoms with Crippen LogP contribution in [0.25, 0.3) is 0 Å². The molecule has 0 aromatic heterocycles. The maximum absolute atomic E-state index is 2.57. The van der Waals surface area contributed by atoms with Crippen molar-refractivity contribution in [3.8, 4) is 0 Å². The fourth-order valence-electron chi connectivity index (χ4n) is 0.597. The molecular weight excluding hydrogens is 251 g/mol. The Bertz CT molecular complexity index is 111. The van der Waals surface area contributed by atoms with Crippen molar-refractivity contribution in [3.63, 3.8) is 0 Å². The first-order chi connectivity index (χ1) is 4.19. The minimum absolute atomic E-state index is 0.549. The molecule has 0 saturated heterocycles. The molecule has 0 aromatic carbocycles. The molecule has 10 heavy (non-hydrogen) atoms. The van der Waals surface area contributed by atoms with E-state index in [1.807, 2.05) is 0 Å². The number of halogens is 1. The molecule has 1 atom stereocenters. The molecule has 0 aliphatic rings. The minimum atomic E-state index is -0.996. The average molecular weight is 270 g/mol. The average Bonchev–Trinajstić information content (AvgIpc) is 1.62. The molecule has 0 fully saturated rings. The monoisotopic (exact) mass is 270 g/mol. The van der Waals surface area contributed by atoms with Gasteiger partial charge in [0, 0.05) is 3.55 Å². The van der Waals surface area contributed by atoms with Gasteiger partial charge < -0.3 is 0 Å². The number of alkyl halides is 1. The molecule has 0 aromatic rings. The molecule has 0 N–H and O–H groups in total. The number of hydrogen-bond donors (Lipinski definition) is 0. The van der Waals surface area contributed by atoms with Crippen molar-refractivity contribution in [2.45, 2.75) is 49.4 Å². The molecular formula is C8H19ISi. The Morgan fingerprint density at radius 3 is 1.50 bits per heavy atom. The first-order valence-electron chi connectivity index (χ1n) is 3.83. The Morgan fingerprint density at radius 2 is 1.50 bits per heavy atom. The maximum Gasteiger partial charge on any atom is 0.0665 e. The quantitative estimate of drug-likeness (QED) is 0.385.